The highest BCUT2D eigenvalue weighted by Gasteiger charge is 2.21. The van der Waals surface area contributed by atoms with E-state index in [0.29, 0.717) is 18.7 Å². The van der Waals surface area contributed by atoms with Gasteiger partial charge in [-0.1, -0.05) is 6.92 Å². The molecule has 1 N–H and O–H groups in total. The maximum Gasteiger partial charge on any atom is 0.259 e. The minimum absolute atomic E-state index is 0.0352. The minimum Gasteiger partial charge on any atom is -0.337 e. The smallest absolute Gasteiger partial charge is 0.259 e. The van der Waals surface area contributed by atoms with Gasteiger partial charge in [-0.05, 0) is 13.3 Å². The van der Waals surface area contributed by atoms with E-state index in [1.165, 1.54) is 6.20 Å². The first-order valence-corrected chi connectivity index (χ1v) is 6.84. The Kier molecular flexibility index (Phi) is 4.32. The molecule has 0 aliphatic heterocycles. The molecule has 6 heteroatoms. The lowest BCUT2D eigenvalue weighted by atomic mass is 10.2. The van der Waals surface area contributed by atoms with E-state index in [0.717, 1.165) is 0 Å². The summed E-state index contributed by atoms with van der Waals surface area (Å²) in [7, 11) is -1.82. The summed E-state index contributed by atoms with van der Waals surface area (Å²) in [6.07, 6.45) is 7.70. The van der Waals surface area contributed by atoms with Crippen LogP contribution in [0.2, 0.25) is 0 Å². The number of hydrogen-bond donors (Lipinski definition) is 1. The van der Waals surface area contributed by atoms with Crippen LogP contribution >= 0.6 is 0 Å². The van der Waals surface area contributed by atoms with Crippen molar-refractivity contribution in [1.29, 1.82) is 0 Å². The van der Waals surface area contributed by atoms with Gasteiger partial charge < -0.3 is 4.57 Å². The fourth-order valence-corrected chi connectivity index (χ4v) is 2.71. The average Bonchev–Trinajstić information content (AvgIpc) is 2.59. The summed E-state index contributed by atoms with van der Waals surface area (Å²) >= 11 is 0. The Morgan fingerprint density at radius 3 is 2.71 bits per heavy atom. The summed E-state index contributed by atoms with van der Waals surface area (Å²) < 4.78 is 28.2. The summed E-state index contributed by atoms with van der Waals surface area (Å²) in [5.74, 6) is 3.11. The van der Waals surface area contributed by atoms with Crippen molar-refractivity contribution in [2.45, 2.75) is 37.8 Å². The second-order valence-electron chi connectivity index (χ2n) is 3.87. The molecule has 94 valence electrons. The number of hydrogen-bond acceptors (Lipinski definition) is 3. The van der Waals surface area contributed by atoms with Gasteiger partial charge in [0.05, 0.1) is 0 Å². The number of aromatic nitrogens is 2. The van der Waals surface area contributed by atoms with Gasteiger partial charge in [0.25, 0.3) is 10.0 Å². The number of rotatable bonds is 5. The second kappa shape index (κ2) is 5.34. The molecule has 17 heavy (non-hydrogen) atoms. The largest absolute Gasteiger partial charge is 0.337 e. The molecule has 1 rings (SSSR count). The van der Waals surface area contributed by atoms with E-state index in [1.54, 1.807) is 18.5 Å². The molecule has 5 nitrogen and oxygen atoms in total. The molecule has 0 amide bonds. The van der Waals surface area contributed by atoms with Crippen molar-refractivity contribution in [3.05, 3.63) is 12.0 Å². The van der Waals surface area contributed by atoms with E-state index in [9.17, 15) is 8.42 Å². The molecule has 0 aliphatic rings. The highest BCUT2D eigenvalue weighted by atomic mass is 32.2. The van der Waals surface area contributed by atoms with Gasteiger partial charge in [-0.3, -0.25) is 0 Å². The fraction of sp³-hybridized carbons (Fsp3) is 0.545. The summed E-state index contributed by atoms with van der Waals surface area (Å²) in [5.41, 5.74) is 0. The molecule has 0 aromatic carbocycles. The van der Waals surface area contributed by atoms with Crippen molar-refractivity contribution >= 4 is 10.0 Å². The molecule has 0 bridgehead atoms. The molecule has 0 saturated carbocycles. The molecular formula is C11H17N3O2S. The van der Waals surface area contributed by atoms with Gasteiger partial charge in [0.2, 0.25) is 0 Å². The zero-order valence-electron chi connectivity index (χ0n) is 10.3. The fourth-order valence-electron chi connectivity index (χ4n) is 1.35. The van der Waals surface area contributed by atoms with E-state index in [2.05, 4.69) is 15.6 Å². The first-order chi connectivity index (χ1) is 7.90. The number of aryl methyl sites for hydroxylation is 2. The van der Waals surface area contributed by atoms with Crippen LogP contribution < -0.4 is 4.72 Å². The lowest BCUT2D eigenvalue weighted by molar-refractivity contribution is 0.541. The van der Waals surface area contributed by atoms with Gasteiger partial charge in [-0.25, -0.2) is 18.1 Å². The van der Waals surface area contributed by atoms with Crippen molar-refractivity contribution in [2.75, 3.05) is 0 Å². The Balaban J connectivity index is 2.92. The van der Waals surface area contributed by atoms with Gasteiger partial charge in [0, 0.05) is 25.7 Å². The molecule has 1 heterocycles. The van der Waals surface area contributed by atoms with Gasteiger partial charge in [0.1, 0.15) is 5.82 Å². The number of terminal acetylenes is 1. The quantitative estimate of drug-likeness (QED) is 0.792. The predicted octanol–water partition coefficient (Wildman–Crippen LogP) is 0.809. The van der Waals surface area contributed by atoms with Crippen LogP contribution in [0.4, 0.5) is 0 Å². The molecule has 0 radical (unpaired) electrons. The first-order valence-electron chi connectivity index (χ1n) is 5.36. The Bertz CT molecular complexity index is 506. The third-order valence-electron chi connectivity index (χ3n) is 2.54. The van der Waals surface area contributed by atoms with Crippen molar-refractivity contribution < 1.29 is 8.42 Å². The van der Waals surface area contributed by atoms with Crippen LogP contribution in [0, 0.1) is 19.3 Å². The monoisotopic (exact) mass is 255 g/mol. The van der Waals surface area contributed by atoms with Crippen LogP contribution in [0.25, 0.3) is 0 Å². The van der Waals surface area contributed by atoms with Crippen LogP contribution in [0.5, 0.6) is 0 Å². The Morgan fingerprint density at radius 2 is 2.29 bits per heavy atom. The highest BCUT2D eigenvalue weighted by Crippen LogP contribution is 2.10. The summed E-state index contributed by atoms with van der Waals surface area (Å²) in [6.45, 7) is 3.63. The van der Waals surface area contributed by atoms with Gasteiger partial charge in [0.15, 0.2) is 5.03 Å². The molecular weight excluding hydrogens is 238 g/mol. The average molecular weight is 255 g/mol. The molecule has 0 spiro atoms. The van der Waals surface area contributed by atoms with Gasteiger partial charge >= 0.3 is 0 Å². The Labute approximate surface area is 102 Å². The number of nitrogens with zero attached hydrogens (tertiary/aromatic N) is 2. The molecule has 1 atom stereocenters. The number of nitrogens with one attached hydrogen (secondary N) is 1. The summed E-state index contributed by atoms with van der Waals surface area (Å²) in [4.78, 5) is 3.99. The normalized spacial score (nSPS) is 13.3. The Morgan fingerprint density at radius 1 is 1.65 bits per heavy atom. The molecule has 1 aromatic rings. The molecule has 1 aromatic heterocycles. The predicted molar refractivity (Wildman–Crippen MR) is 65.8 cm³/mol. The van der Waals surface area contributed by atoms with E-state index in [-0.39, 0.29) is 11.1 Å². The van der Waals surface area contributed by atoms with E-state index in [4.69, 9.17) is 6.42 Å². The number of imidazole rings is 1. The van der Waals surface area contributed by atoms with Crippen molar-refractivity contribution in [1.82, 2.24) is 14.3 Å². The van der Waals surface area contributed by atoms with Crippen molar-refractivity contribution in [2.24, 2.45) is 7.05 Å². The van der Waals surface area contributed by atoms with Crippen LogP contribution in [0.15, 0.2) is 11.2 Å². The Hall–Kier alpha value is -1.32. The zero-order chi connectivity index (χ0) is 13.1. The van der Waals surface area contributed by atoms with Gasteiger partial charge in [-0.15, -0.1) is 12.3 Å². The number of sulfonamides is 1. The zero-order valence-corrected chi connectivity index (χ0v) is 11.1. The van der Waals surface area contributed by atoms with Crippen LogP contribution in [-0.4, -0.2) is 24.0 Å². The van der Waals surface area contributed by atoms with Crippen LogP contribution in [-0.2, 0) is 17.1 Å². The molecule has 0 saturated heterocycles. The van der Waals surface area contributed by atoms with Crippen molar-refractivity contribution in [3.8, 4) is 12.3 Å². The second-order valence-corrected chi connectivity index (χ2v) is 5.53. The maximum absolute atomic E-state index is 12.0. The maximum atomic E-state index is 12.0. The molecule has 0 fully saturated rings. The third-order valence-corrected chi connectivity index (χ3v) is 3.93. The summed E-state index contributed by atoms with van der Waals surface area (Å²) in [5, 5.41) is 0.0352. The van der Waals surface area contributed by atoms with E-state index < -0.39 is 10.0 Å². The third kappa shape index (κ3) is 3.32. The SMILES string of the molecule is C#CCC(CC)NS(=O)(=O)c1cn(C)c(C)n1. The van der Waals surface area contributed by atoms with E-state index >= 15 is 0 Å². The lowest BCUT2D eigenvalue weighted by Crippen LogP contribution is -2.34. The highest BCUT2D eigenvalue weighted by molar-refractivity contribution is 7.89. The van der Waals surface area contributed by atoms with Crippen molar-refractivity contribution in [3.63, 3.8) is 0 Å². The topological polar surface area (TPSA) is 64.0 Å². The van der Waals surface area contributed by atoms with E-state index in [1.807, 2.05) is 6.92 Å². The van der Waals surface area contributed by atoms with Crippen LogP contribution in [0.3, 0.4) is 0 Å². The summed E-state index contributed by atoms with van der Waals surface area (Å²) in [6, 6.07) is -0.243. The first kappa shape index (κ1) is 13.7. The van der Waals surface area contributed by atoms with Gasteiger partial charge in [-0.2, -0.15) is 0 Å². The standard InChI is InChI=1S/C11H17N3O2S/c1-5-7-10(6-2)13-17(15,16)11-8-14(4)9(3)12-11/h1,8,10,13H,6-7H2,2-4H3. The van der Waals surface area contributed by atoms with Crippen LogP contribution in [0.1, 0.15) is 25.6 Å². The minimum atomic E-state index is -3.57. The lowest BCUT2D eigenvalue weighted by Gasteiger charge is -2.12. The molecule has 0 aliphatic carbocycles. The molecule has 1 unspecified atom stereocenters.